The first kappa shape index (κ1) is 27.1. The number of carbonyl (C=O) groups excluding carboxylic acids is 2. The van der Waals surface area contributed by atoms with Crippen molar-refractivity contribution in [2.75, 3.05) is 12.3 Å². The molecule has 1 N–H and O–H groups in total. The van der Waals surface area contributed by atoms with Crippen LogP contribution >= 0.6 is 35.0 Å². The van der Waals surface area contributed by atoms with Gasteiger partial charge < -0.3 is 10.2 Å². The second-order valence-corrected chi connectivity index (χ2v) is 10.1. The fraction of sp³-hybridized carbons (Fsp3) is 0.286. The Morgan fingerprint density at radius 3 is 2.26 bits per heavy atom. The Labute approximate surface area is 222 Å². The summed E-state index contributed by atoms with van der Waals surface area (Å²) in [5.74, 6) is 0.453. The van der Waals surface area contributed by atoms with Crippen LogP contribution in [0.1, 0.15) is 29.2 Å². The van der Waals surface area contributed by atoms with Crippen molar-refractivity contribution >= 4 is 46.8 Å². The number of amides is 2. The molecule has 0 radical (unpaired) electrons. The molecular weight excluding hydrogens is 499 g/mol. The molecule has 0 aliphatic rings. The molecule has 0 saturated carbocycles. The molecule has 3 rings (SSSR count). The van der Waals surface area contributed by atoms with E-state index in [1.165, 1.54) is 11.8 Å². The Balaban J connectivity index is 1.85. The van der Waals surface area contributed by atoms with Crippen LogP contribution in [-0.4, -0.2) is 35.1 Å². The first-order valence-corrected chi connectivity index (χ1v) is 13.5. The molecule has 35 heavy (non-hydrogen) atoms. The maximum atomic E-state index is 13.6. The normalized spacial score (nSPS) is 11.7. The summed E-state index contributed by atoms with van der Waals surface area (Å²) in [5, 5.41) is 4.08. The number of nitrogens with one attached hydrogen (secondary N) is 1. The van der Waals surface area contributed by atoms with E-state index in [2.05, 4.69) is 5.32 Å². The van der Waals surface area contributed by atoms with E-state index in [4.69, 9.17) is 23.2 Å². The third kappa shape index (κ3) is 8.03. The summed E-state index contributed by atoms with van der Waals surface area (Å²) in [5.41, 5.74) is 3.90. The van der Waals surface area contributed by atoms with Crippen LogP contribution in [0.15, 0.2) is 72.8 Å². The number of rotatable bonds is 11. The van der Waals surface area contributed by atoms with E-state index in [9.17, 15) is 9.59 Å². The number of nitrogens with zero attached hydrogens (tertiary/aromatic N) is 1. The van der Waals surface area contributed by atoms with Gasteiger partial charge in [-0.05, 0) is 42.7 Å². The Bertz CT molecular complexity index is 1120. The maximum absolute atomic E-state index is 13.6. The smallest absolute Gasteiger partial charge is 0.243 e. The zero-order chi connectivity index (χ0) is 25.2. The average Bonchev–Trinajstić information content (AvgIpc) is 2.84. The van der Waals surface area contributed by atoms with E-state index in [-0.39, 0.29) is 17.6 Å². The van der Waals surface area contributed by atoms with E-state index in [0.717, 1.165) is 22.3 Å². The topological polar surface area (TPSA) is 49.4 Å². The highest BCUT2D eigenvalue weighted by Gasteiger charge is 2.30. The predicted molar refractivity (Wildman–Crippen MR) is 147 cm³/mol. The average molecular weight is 530 g/mol. The van der Waals surface area contributed by atoms with Crippen LogP contribution in [0.4, 0.5) is 0 Å². The van der Waals surface area contributed by atoms with Crippen LogP contribution < -0.4 is 5.32 Å². The number of halogens is 2. The van der Waals surface area contributed by atoms with Crippen LogP contribution in [0.25, 0.3) is 0 Å². The molecule has 7 heteroatoms. The van der Waals surface area contributed by atoms with Crippen molar-refractivity contribution in [1.29, 1.82) is 0 Å². The third-order valence-electron chi connectivity index (χ3n) is 5.59. The Morgan fingerprint density at radius 1 is 0.943 bits per heavy atom. The van der Waals surface area contributed by atoms with Gasteiger partial charge in [0, 0.05) is 35.3 Å². The van der Waals surface area contributed by atoms with E-state index in [0.29, 0.717) is 35.3 Å². The lowest BCUT2D eigenvalue weighted by atomic mass is 10.0. The van der Waals surface area contributed by atoms with Crippen molar-refractivity contribution in [3.05, 3.63) is 105 Å². The molecule has 0 aliphatic heterocycles. The number of aryl methyl sites for hydroxylation is 1. The largest absolute Gasteiger partial charge is 0.355 e. The molecule has 0 heterocycles. The summed E-state index contributed by atoms with van der Waals surface area (Å²) in [7, 11) is 0. The van der Waals surface area contributed by atoms with E-state index in [1.807, 2.05) is 68.4 Å². The minimum absolute atomic E-state index is 0.105. The Hall–Kier alpha value is -2.47. The lowest BCUT2D eigenvalue weighted by Crippen LogP contribution is -2.51. The maximum Gasteiger partial charge on any atom is 0.243 e. The summed E-state index contributed by atoms with van der Waals surface area (Å²) in [6.07, 6.45) is 0.436. The van der Waals surface area contributed by atoms with E-state index >= 15 is 0 Å². The highest BCUT2D eigenvalue weighted by atomic mass is 35.5. The van der Waals surface area contributed by atoms with Gasteiger partial charge in [0.2, 0.25) is 11.8 Å². The molecule has 3 aromatic carbocycles. The molecule has 1 unspecified atom stereocenters. The van der Waals surface area contributed by atoms with Crippen LogP contribution in [0.5, 0.6) is 0 Å². The number of likely N-dealkylation sites (N-methyl/N-ethyl adjacent to an activating group) is 1. The number of thioether (sulfide) groups is 1. The van der Waals surface area contributed by atoms with Crippen LogP contribution in [0.2, 0.25) is 10.0 Å². The first-order valence-electron chi connectivity index (χ1n) is 11.6. The number of hydrogen-bond donors (Lipinski definition) is 1. The highest BCUT2D eigenvalue weighted by molar-refractivity contribution is 7.99. The van der Waals surface area contributed by atoms with Crippen molar-refractivity contribution in [2.45, 2.75) is 38.6 Å². The standard InChI is InChI=1S/C28H30Cl2N2O2S/c1-3-31-28(34)26(16-21-10-5-4-6-11-21)32(17-22-12-7-9-20(2)15-22)27(33)19-35-18-23-24(29)13-8-14-25(23)30/h4-15,26H,3,16-19H2,1-2H3,(H,31,34). The van der Waals surface area contributed by atoms with Crippen molar-refractivity contribution < 1.29 is 9.59 Å². The van der Waals surface area contributed by atoms with E-state index < -0.39 is 6.04 Å². The minimum atomic E-state index is -0.630. The lowest BCUT2D eigenvalue weighted by molar-refractivity contribution is -0.139. The number of benzene rings is 3. The van der Waals surface area contributed by atoms with Crippen molar-refractivity contribution in [1.82, 2.24) is 10.2 Å². The Kier molecular flexibility index (Phi) is 10.5. The molecule has 184 valence electrons. The Morgan fingerprint density at radius 2 is 1.60 bits per heavy atom. The molecule has 1 atom stereocenters. The van der Waals surface area contributed by atoms with Gasteiger partial charge in [-0.15, -0.1) is 11.8 Å². The van der Waals surface area contributed by atoms with Crippen molar-refractivity contribution in [2.24, 2.45) is 0 Å². The van der Waals surface area contributed by atoms with Gasteiger partial charge in [0.15, 0.2) is 0 Å². The second-order valence-electron chi connectivity index (χ2n) is 8.30. The quantitative estimate of drug-likeness (QED) is 0.317. The molecule has 0 fully saturated rings. The molecule has 2 amide bonds. The van der Waals surface area contributed by atoms with Gasteiger partial charge in [-0.1, -0.05) is 89.4 Å². The molecule has 3 aromatic rings. The fourth-order valence-corrected chi connectivity index (χ4v) is 5.49. The summed E-state index contributed by atoms with van der Waals surface area (Å²) >= 11 is 14.0. The molecule has 0 aromatic heterocycles. The van der Waals surface area contributed by atoms with Gasteiger partial charge in [-0.25, -0.2) is 0 Å². The third-order valence-corrected chi connectivity index (χ3v) is 7.24. The zero-order valence-corrected chi connectivity index (χ0v) is 22.3. The van der Waals surface area contributed by atoms with Gasteiger partial charge >= 0.3 is 0 Å². The predicted octanol–water partition coefficient (Wildman–Crippen LogP) is 6.31. The van der Waals surface area contributed by atoms with Crippen LogP contribution in [-0.2, 0) is 28.3 Å². The van der Waals surface area contributed by atoms with Gasteiger partial charge in [-0.3, -0.25) is 9.59 Å². The van der Waals surface area contributed by atoms with Crippen molar-refractivity contribution in [3.8, 4) is 0 Å². The molecule has 4 nitrogen and oxygen atoms in total. The highest BCUT2D eigenvalue weighted by Crippen LogP contribution is 2.28. The molecule has 0 bridgehead atoms. The number of hydrogen-bond acceptors (Lipinski definition) is 3. The summed E-state index contributed by atoms with van der Waals surface area (Å²) in [6.45, 7) is 4.75. The van der Waals surface area contributed by atoms with Gasteiger partial charge in [0.25, 0.3) is 0 Å². The fourth-order valence-electron chi connectivity index (χ4n) is 3.85. The van der Waals surface area contributed by atoms with Gasteiger partial charge in [0.1, 0.15) is 6.04 Å². The monoisotopic (exact) mass is 528 g/mol. The van der Waals surface area contributed by atoms with Crippen molar-refractivity contribution in [3.63, 3.8) is 0 Å². The summed E-state index contributed by atoms with van der Waals surface area (Å²) < 4.78 is 0. The zero-order valence-electron chi connectivity index (χ0n) is 20.0. The van der Waals surface area contributed by atoms with Crippen LogP contribution in [0, 0.1) is 6.92 Å². The first-order chi connectivity index (χ1) is 16.9. The van der Waals surface area contributed by atoms with Crippen LogP contribution in [0.3, 0.4) is 0 Å². The lowest BCUT2D eigenvalue weighted by Gasteiger charge is -2.31. The van der Waals surface area contributed by atoms with Gasteiger partial charge in [0.05, 0.1) is 5.75 Å². The van der Waals surface area contributed by atoms with E-state index in [1.54, 1.807) is 23.1 Å². The summed E-state index contributed by atoms with van der Waals surface area (Å²) in [4.78, 5) is 28.5. The second kappa shape index (κ2) is 13.6. The summed E-state index contributed by atoms with van der Waals surface area (Å²) in [6, 6.07) is 22.6. The SMILES string of the molecule is CCNC(=O)C(Cc1ccccc1)N(Cc1cccc(C)c1)C(=O)CSCc1c(Cl)cccc1Cl. The molecule has 0 saturated heterocycles. The number of carbonyl (C=O) groups is 2. The molecule has 0 aliphatic carbocycles. The minimum Gasteiger partial charge on any atom is -0.355 e. The van der Waals surface area contributed by atoms with Gasteiger partial charge in [-0.2, -0.15) is 0 Å². The molecule has 0 spiro atoms. The molecular formula is C28H30Cl2N2O2S.